The molecule has 0 aromatic heterocycles. The van der Waals surface area contributed by atoms with Crippen LogP contribution in [0.3, 0.4) is 0 Å². The van der Waals surface area contributed by atoms with Crippen molar-refractivity contribution in [3.8, 4) is 0 Å². The van der Waals surface area contributed by atoms with Gasteiger partial charge in [-0.2, -0.15) is 0 Å². The van der Waals surface area contributed by atoms with Crippen molar-refractivity contribution in [1.82, 2.24) is 5.32 Å². The molecule has 1 N–H and O–H groups in total. The third-order valence-corrected chi connectivity index (χ3v) is 1.22. The van der Waals surface area contributed by atoms with Crippen LogP contribution in [0, 0.1) is 0 Å². The molecule has 0 heterocycles. The maximum absolute atomic E-state index is 5.04. The lowest BCUT2D eigenvalue weighted by Gasteiger charge is -2.12. The third-order valence-electron chi connectivity index (χ3n) is 1.22. The summed E-state index contributed by atoms with van der Waals surface area (Å²) < 4.78 is 5.04. The van der Waals surface area contributed by atoms with Crippen LogP contribution in [-0.4, -0.2) is 25.8 Å². The number of methoxy groups -OCH3 is 1. The summed E-state index contributed by atoms with van der Waals surface area (Å²) in [5.41, 5.74) is 0. The molecule has 2 heteroatoms. The molecule has 0 radical (unpaired) electrons. The molecule has 0 amide bonds. The van der Waals surface area contributed by atoms with Crippen LogP contribution < -0.4 is 5.32 Å². The number of nitrogens with one attached hydrogen (secondary N) is 1. The van der Waals surface area contributed by atoms with Crippen molar-refractivity contribution >= 4 is 0 Å². The molecule has 0 bridgehead atoms. The highest BCUT2D eigenvalue weighted by Gasteiger charge is 1.98. The largest absolute Gasteiger partial charge is 0.380 e. The highest BCUT2D eigenvalue weighted by molar-refractivity contribution is 4.57. The molecule has 0 aliphatic heterocycles. The van der Waals surface area contributed by atoms with Gasteiger partial charge < -0.3 is 10.1 Å². The summed E-state index contributed by atoms with van der Waals surface area (Å²) in [5, 5.41) is 3.27. The normalized spacial score (nSPS) is 14.3. The van der Waals surface area contributed by atoms with E-state index in [1.807, 2.05) is 0 Å². The molecule has 0 saturated carbocycles. The average Bonchev–Trinajstić information content (AvgIpc) is 1.83. The maximum atomic E-state index is 5.04. The van der Waals surface area contributed by atoms with Crippen molar-refractivity contribution in [2.45, 2.75) is 32.9 Å². The Morgan fingerprint density at radius 3 is 2.22 bits per heavy atom. The summed E-state index contributed by atoms with van der Waals surface area (Å²) in [6.07, 6.45) is 0.326. The van der Waals surface area contributed by atoms with Crippen molar-refractivity contribution in [2.24, 2.45) is 0 Å². The van der Waals surface area contributed by atoms with Gasteiger partial charge in [0.2, 0.25) is 0 Å². The Morgan fingerprint density at radius 1 is 1.33 bits per heavy atom. The van der Waals surface area contributed by atoms with Crippen LogP contribution in [0.4, 0.5) is 0 Å². The molecule has 0 fully saturated rings. The van der Waals surface area contributed by atoms with E-state index in [9.17, 15) is 0 Å². The van der Waals surface area contributed by atoms with Gasteiger partial charge in [0.05, 0.1) is 6.10 Å². The minimum Gasteiger partial charge on any atom is -0.380 e. The van der Waals surface area contributed by atoms with Crippen molar-refractivity contribution in [3.63, 3.8) is 0 Å². The highest BCUT2D eigenvalue weighted by atomic mass is 16.5. The molecule has 0 aliphatic rings. The quantitative estimate of drug-likeness (QED) is 0.615. The predicted molar refractivity (Wildman–Crippen MR) is 39.6 cm³/mol. The van der Waals surface area contributed by atoms with Gasteiger partial charge in [0.25, 0.3) is 0 Å². The first-order valence-electron chi connectivity index (χ1n) is 3.43. The van der Waals surface area contributed by atoms with Crippen molar-refractivity contribution in [3.05, 3.63) is 0 Å². The van der Waals surface area contributed by atoms with Gasteiger partial charge in [-0.3, -0.25) is 0 Å². The number of rotatable bonds is 4. The number of ether oxygens (including phenoxy) is 1. The zero-order chi connectivity index (χ0) is 7.28. The van der Waals surface area contributed by atoms with Gasteiger partial charge in [-0.05, 0) is 6.92 Å². The van der Waals surface area contributed by atoms with Crippen LogP contribution in [0.5, 0.6) is 0 Å². The molecule has 1 atom stereocenters. The van der Waals surface area contributed by atoms with Crippen LogP contribution in [0.2, 0.25) is 0 Å². The molecule has 56 valence electrons. The van der Waals surface area contributed by atoms with E-state index in [1.54, 1.807) is 7.11 Å². The van der Waals surface area contributed by atoms with Crippen molar-refractivity contribution in [2.75, 3.05) is 13.7 Å². The van der Waals surface area contributed by atoms with Crippen LogP contribution in [0.1, 0.15) is 20.8 Å². The van der Waals surface area contributed by atoms with Gasteiger partial charge in [0.15, 0.2) is 0 Å². The van der Waals surface area contributed by atoms with Gasteiger partial charge in [-0.15, -0.1) is 0 Å². The second-order valence-electron chi connectivity index (χ2n) is 2.61. The summed E-state index contributed by atoms with van der Waals surface area (Å²) >= 11 is 0. The summed E-state index contributed by atoms with van der Waals surface area (Å²) in [4.78, 5) is 0. The lowest BCUT2D eigenvalue weighted by molar-refractivity contribution is 0.115. The molecular formula is C7H17NO. The van der Waals surface area contributed by atoms with E-state index < -0.39 is 0 Å². The first-order chi connectivity index (χ1) is 4.16. The monoisotopic (exact) mass is 131 g/mol. The number of hydrogen-bond acceptors (Lipinski definition) is 2. The molecule has 0 rings (SSSR count). The van der Waals surface area contributed by atoms with E-state index in [0.29, 0.717) is 12.1 Å². The highest BCUT2D eigenvalue weighted by Crippen LogP contribution is 1.85. The van der Waals surface area contributed by atoms with Crippen molar-refractivity contribution in [1.29, 1.82) is 0 Å². The Morgan fingerprint density at radius 2 is 1.89 bits per heavy atom. The maximum Gasteiger partial charge on any atom is 0.0667 e. The fraction of sp³-hybridized carbons (Fsp3) is 1.00. The summed E-state index contributed by atoms with van der Waals surface area (Å²) in [7, 11) is 1.73. The van der Waals surface area contributed by atoms with E-state index in [1.165, 1.54) is 0 Å². The predicted octanol–water partition coefficient (Wildman–Crippen LogP) is 1.02. The van der Waals surface area contributed by atoms with Crippen LogP contribution >= 0.6 is 0 Å². The third kappa shape index (κ3) is 5.80. The van der Waals surface area contributed by atoms with E-state index >= 15 is 0 Å². The smallest absolute Gasteiger partial charge is 0.0667 e. The summed E-state index contributed by atoms with van der Waals surface area (Å²) in [6, 6.07) is 0.558. The molecule has 0 saturated heterocycles. The van der Waals surface area contributed by atoms with Crippen LogP contribution in [0.25, 0.3) is 0 Å². The molecule has 2 nitrogen and oxygen atoms in total. The van der Waals surface area contributed by atoms with Crippen LogP contribution in [-0.2, 0) is 4.74 Å². The van der Waals surface area contributed by atoms with E-state index in [2.05, 4.69) is 26.1 Å². The zero-order valence-electron chi connectivity index (χ0n) is 6.77. The summed E-state index contributed by atoms with van der Waals surface area (Å²) in [5.74, 6) is 0. The molecular weight excluding hydrogens is 114 g/mol. The van der Waals surface area contributed by atoms with Gasteiger partial charge in [0.1, 0.15) is 0 Å². The van der Waals surface area contributed by atoms with Gasteiger partial charge >= 0.3 is 0 Å². The minimum absolute atomic E-state index is 0.326. The second kappa shape index (κ2) is 4.77. The van der Waals surface area contributed by atoms with E-state index in [4.69, 9.17) is 4.74 Å². The lowest BCUT2D eigenvalue weighted by atomic mass is 10.3. The first kappa shape index (κ1) is 8.92. The lowest BCUT2D eigenvalue weighted by Crippen LogP contribution is -2.31. The molecule has 0 unspecified atom stereocenters. The fourth-order valence-corrected chi connectivity index (χ4v) is 0.485. The Labute approximate surface area is 57.6 Å². The Bertz CT molecular complexity index is 63.9. The van der Waals surface area contributed by atoms with E-state index in [-0.39, 0.29) is 0 Å². The standard InChI is InChI=1S/C7H17NO/c1-6(2)8-5-7(3)9-4/h6-8H,5H2,1-4H3/t7-/m1/s1. The minimum atomic E-state index is 0.326. The Kier molecular flexibility index (Phi) is 4.72. The zero-order valence-corrected chi connectivity index (χ0v) is 6.77. The Hall–Kier alpha value is -0.0800. The van der Waals surface area contributed by atoms with Gasteiger partial charge in [-0.1, -0.05) is 13.8 Å². The average molecular weight is 131 g/mol. The molecule has 0 aliphatic carbocycles. The topological polar surface area (TPSA) is 21.3 Å². The van der Waals surface area contributed by atoms with Crippen LogP contribution in [0.15, 0.2) is 0 Å². The van der Waals surface area contributed by atoms with E-state index in [0.717, 1.165) is 6.54 Å². The molecule has 0 aromatic carbocycles. The molecule has 0 aromatic rings. The Balaban J connectivity index is 3.06. The van der Waals surface area contributed by atoms with Gasteiger partial charge in [0, 0.05) is 19.7 Å². The van der Waals surface area contributed by atoms with Gasteiger partial charge in [-0.25, -0.2) is 0 Å². The second-order valence-corrected chi connectivity index (χ2v) is 2.61. The fourth-order valence-electron chi connectivity index (χ4n) is 0.485. The summed E-state index contributed by atoms with van der Waals surface area (Å²) in [6.45, 7) is 7.24. The van der Waals surface area contributed by atoms with Crippen molar-refractivity contribution < 1.29 is 4.74 Å². The molecule has 9 heavy (non-hydrogen) atoms. The number of hydrogen-bond donors (Lipinski definition) is 1. The molecule has 0 spiro atoms. The first-order valence-corrected chi connectivity index (χ1v) is 3.43. The SMILES string of the molecule is CO[C@H](C)CNC(C)C.